The molecule has 5 nitrogen and oxygen atoms in total. The van der Waals surface area contributed by atoms with Crippen LogP contribution in [-0.4, -0.2) is 14.8 Å². The first-order valence-corrected chi connectivity index (χ1v) is 6.82. The summed E-state index contributed by atoms with van der Waals surface area (Å²) in [5.41, 5.74) is 9.47. The molecule has 0 atom stereocenters. The van der Waals surface area contributed by atoms with Crippen molar-refractivity contribution in [3.05, 3.63) is 64.6 Å². The molecule has 0 aliphatic carbocycles. The van der Waals surface area contributed by atoms with Crippen molar-refractivity contribution in [2.24, 2.45) is 0 Å². The highest BCUT2D eigenvalue weighted by Crippen LogP contribution is 2.28. The molecule has 3 aromatic rings. The van der Waals surface area contributed by atoms with Crippen LogP contribution in [0, 0.1) is 0 Å². The maximum absolute atomic E-state index is 11.5. The van der Waals surface area contributed by atoms with Crippen LogP contribution < -0.4 is 11.3 Å². The van der Waals surface area contributed by atoms with Crippen LogP contribution >= 0.6 is 0 Å². The van der Waals surface area contributed by atoms with E-state index in [0.29, 0.717) is 5.82 Å². The summed E-state index contributed by atoms with van der Waals surface area (Å²) in [6, 6.07) is 13.1. The Labute approximate surface area is 122 Å². The molecule has 0 radical (unpaired) electrons. The molecule has 3 N–H and O–H groups in total. The molecule has 0 aliphatic rings. The fourth-order valence-electron chi connectivity index (χ4n) is 2.40. The molecule has 2 aromatic heterocycles. The summed E-state index contributed by atoms with van der Waals surface area (Å²) in [6.45, 7) is 2.03. The van der Waals surface area contributed by atoms with Gasteiger partial charge in [-0.25, -0.2) is 4.68 Å². The molecule has 0 spiro atoms. The third-order valence-corrected chi connectivity index (χ3v) is 3.43. The maximum Gasteiger partial charge on any atom is 0.248 e. The molecule has 21 heavy (non-hydrogen) atoms. The van der Waals surface area contributed by atoms with Gasteiger partial charge >= 0.3 is 0 Å². The van der Waals surface area contributed by atoms with Crippen molar-refractivity contribution < 1.29 is 0 Å². The SMILES string of the molecule is CCc1c(-c2cc[nH]c(=O)c2)nn(-c2ccccc2)c1N. The van der Waals surface area contributed by atoms with Gasteiger partial charge in [-0.15, -0.1) is 0 Å². The fraction of sp³-hybridized carbons (Fsp3) is 0.125. The largest absolute Gasteiger partial charge is 0.383 e. The molecule has 5 heteroatoms. The lowest BCUT2D eigenvalue weighted by Crippen LogP contribution is -2.03. The van der Waals surface area contributed by atoms with E-state index in [4.69, 9.17) is 5.73 Å². The highest BCUT2D eigenvalue weighted by molar-refractivity contribution is 5.69. The molecule has 0 amide bonds. The Morgan fingerprint density at radius 3 is 2.67 bits per heavy atom. The van der Waals surface area contributed by atoms with E-state index in [-0.39, 0.29) is 5.56 Å². The number of rotatable bonds is 3. The van der Waals surface area contributed by atoms with Crippen molar-refractivity contribution in [1.29, 1.82) is 0 Å². The molecule has 0 unspecified atom stereocenters. The van der Waals surface area contributed by atoms with Crippen molar-refractivity contribution in [1.82, 2.24) is 14.8 Å². The predicted molar refractivity (Wildman–Crippen MR) is 83.4 cm³/mol. The molecule has 2 heterocycles. The van der Waals surface area contributed by atoms with Gasteiger partial charge in [0.15, 0.2) is 0 Å². The number of hydrogen-bond acceptors (Lipinski definition) is 3. The number of nitrogens with one attached hydrogen (secondary N) is 1. The van der Waals surface area contributed by atoms with Crippen molar-refractivity contribution in [2.45, 2.75) is 13.3 Å². The average molecular weight is 280 g/mol. The van der Waals surface area contributed by atoms with Crippen LogP contribution in [0.15, 0.2) is 53.5 Å². The first kappa shape index (κ1) is 13.2. The van der Waals surface area contributed by atoms with Crippen LogP contribution in [0.1, 0.15) is 12.5 Å². The third kappa shape index (κ3) is 2.33. The summed E-state index contributed by atoms with van der Waals surface area (Å²) in [5.74, 6) is 0.610. The van der Waals surface area contributed by atoms with Crippen LogP contribution in [0.25, 0.3) is 16.9 Å². The number of aromatic amines is 1. The summed E-state index contributed by atoms with van der Waals surface area (Å²) >= 11 is 0. The number of para-hydroxylation sites is 1. The number of nitrogens with zero attached hydrogens (tertiary/aromatic N) is 2. The molecule has 0 saturated heterocycles. The minimum absolute atomic E-state index is 0.151. The van der Waals surface area contributed by atoms with E-state index in [1.54, 1.807) is 10.9 Å². The first-order valence-electron chi connectivity index (χ1n) is 6.82. The second-order valence-electron chi connectivity index (χ2n) is 4.75. The number of nitrogens with two attached hydrogens (primary N) is 1. The molecule has 0 saturated carbocycles. The lowest BCUT2D eigenvalue weighted by Gasteiger charge is -2.03. The Balaban J connectivity index is 2.21. The Morgan fingerprint density at radius 2 is 2.00 bits per heavy atom. The third-order valence-electron chi connectivity index (χ3n) is 3.43. The Hall–Kier alpha value is -2.82. The minimum atomic E-state index is -0.151. The summed E-state index contributed by atoms with van der Waals surface area (Å²) < 4.78 is 1.72. The van der Waals surface area contributed by atoms with Crippen LogP contribution in [0.4, 0.5) is 5.82 Å². The van der Waals surface area contributed by atoms with Crippen molar-refractivity contribution >= 4 is 5.82 Å². The molecular formula is C16H16N4O. The molecule has 1 aromatic carbocycles. The Bertz CT molecular complexity index is 818. The van der Waals surface area contributed by atoms with Gasteiger partial charge in [-0.05, 0) is 24.6 Å². The van der Waals surface area contributed by atoms with E-state index in [1.807, 2.05) is 43.3 Å². The van der Waals surface area contributed by atoms with Gasteiger partial charge in [-0.1, -0.05) is 25.1 Å². The summed E-state index contributed by atoms with van der Waals surface area (Å²) in [6.07, 6.45) is 2.37. The number of aromatic nitrogens is 3. The first-order chi connectivity index (χ1) is 10.2. The molecular weight excluding hydrogens is 264 g/mol. The topological polar surface area (TPSA) is 76.7 Å². The molecule has 3 rings (SSSR count). The molecule has 106 valence electrons. The summed E-state index contributed by atoms with van der Waals surface area (Å²) in [5, 5.41) is 4.60. The summed E-state index contributed by atoms with van der Waals surface area (Å²) in [4.78, 5) is 14.1. The van der Waals surface area contributed by atoms with E-state index >= 15 is 0 Å². The van der Waals surface area contributed by atoms with E-state index < -0.39 is 0 Å². The molecule has 0 aliphatic heterocycles. The average Bonchev–Trinajstić information content (AvgIpc) is 2.85. The number of nitrogen functional groups attached to an aromatic ring is 1. The fourth-order valence-corrected chi connectivity index (χ4v) is 2.40. The Kier molecular flexibility index (Phi) is 3.31. The second kappa shape index (κ2) is 5.28. The minimum Gasteiger partial charge on any atom is -0.383 e. The molecule has 0 fully saturated rings. The second-order valence-corrected chi connectivity index (χ2v) is 4.75. The van der Waals surface area contributed by atoms with E-state index in [9.17, 15) is 4.79 Å². The number of hydrogen-bond donors (Lipinski definition) is 2. The number of pyridine rings is 1. The lowest BCUT2D eigenvalue weighted by molar-refractivity contribution is 0.894. The summed E-state index contributed by atoms with van der Waals surface area (Å²) in [7, 11) is 0. The zero-order valence-corrected chi connectivity index (χ0v) is 11.7. The number of benzene rings is 1. The predicted octanol–water partition coefficient (Wildman–Crippen LogP) is 2.37. The van der Waals surface area contributed by atoms with Gasteiger partial charge in [0.1, 0.15) is 5.82 Å². The van der Waals surface area contributed by atoms with Crippen LogP contribution in [-0.2, 0) is 6.42 Å². The monoisotopic (exact) mass is 280 g/mol. The van der Waals surface area contributed by atoms with E-state index in [2.05, 4.69) is 10.1 Å². The number of anilines is 1. The van der Waals surface area contributed by atoms with Crippen molar-refractivity contribution in [3.63, 3.8) is 0 Å². The standard InChI is InChI=1S/C16H16N4O/c1-2-13-15(11-8-9-18-14(21)10-11)19-20(16(13)17)12-6-4-3-5-7-12/h3-10H,2,17H2,1H3,(H,18,21). The maximum atomic E-state index is 11.5. The van der Waals surface area contributed by atoms with Crippen LogP contribution in [0.5, 0.6) is 0 Å². The highest BCUT2D eigenvalue weighted by Gasteiger charge is 2.16. The zero-order valence-electron chi connectivity index (χ0n) is 11.7. The van der Waals surface area contributed by atoms with E-state index in [0.717, 1.165) is 28.9 Å². The highest BCUT2D eigenvalue weighted by atomic mass is 16.1. The van der Waals surface area contributed by atoms with Gasteiger partial charge < -0.3 is 10.7 Å². The smallest absolute Gasteiger partial charge is 0.248 e. The normalized spacial score (nSPS) is 10.7. The van der Waals surface area contributed by atoms with Gasteiger partial charge in [0, 0.05) is 23.4 Å². The number of H-pyrrole nitrogens is 1. The zero-order chi connectivity index (χ0) is 14.8. The van der Waals surface area contributed by atoms with Gasteiger partial charge in [-0.3, -0.25) is 4.79 Å². The van der Waals surface area contributed by atoms with Crippen molar-refractivity contribution in [3.8, 4) is 16.9 Å². The van der Waals surface area contributed by atoms with E-state index in [1.165, 1.54) is 6.07 Å². The molecule has 0 bridgehead atoms. The van der Waals surface area contributed by atoms with Gasteiger partial charge in [-0.2, -0.15) is 5.10 Å². The van der Waals surface area contributed by atoms with Crippen LogP contribution in [0.2, 0.25) is 0 Å². The lowest BCUT2D eigenvalue weighted by atomic mass is 10.1. The Morgan fingerprint density at radius 1 is 1.24 bits per heavy atom. The van der Waals surface area contributed by atoms with Crippen LogP contribution in [0.3, 0.4) is 0 Å². The quantitative estimate of drug-likeness (QED) is 0.773. The van der Waals surface area contributed by atoms with Crippen molar-refractivity contribution in [2.75, 3.05) is 5.73 Å². The van der Waals surface area contributed by atoms with Gasteiger partial charge in [0.05, 0.1) is 11.4 Å². The van der Waals surface area contributed by atoms with Gasteiger partial charge in [0.25, 0.3) is 0 Å². The van der Waals surface area contributed by atoms with Gasteiger partial charge in [0.2, 0.25) is 5.56 Å².